The molecule has 1 aromatic heterocycles. The summed E-state index contributed by atoms with van der Waals surface area (Å²) in [5.74, 6) is 0. The molecule has 0 unspecified atom stereocenters. The van der Waals surface area contributed by atoms with Crippen LogP contribution in [0.2, 0.25) is 0 Å². The largest absolute Gasteiger partial charge is 0.455 e. The predicted molar refractivity (Wildman–Crippen MR) is 186 cm³/mol. The van der Waals surface area contributed by atoms with Gasteiger partial charge in [0.25, 0.3) is 0 Å². The first kappa shape index (κ1) is 25.6. The predicted octanol–water partition coefficient (Wildman–Crippen LogP) is 11.4. The number of para-hydroxylation sites is 1. The highest BCUT2D eigenvalue weighted by Crippen LogP contribution is 2.56. The summed E-state index contributed by atoms with van der Waals surface area (Å²) in [6.45, 7) is 0. The van der Waals surface area contributed by atoms with Crippen molar-refractivity contribution in [2.75, 3.05) is 5.32 Å². The van der Waals surface area contributed by atoms with E-state index in [4.69, 9.17) is 4.42 Å². The van der Waals surface area contributed by atoms with Crippen molar-refractivity contribution >= 4 is 33.3 Å². The Bertz CT molecular complexity index is 2300. The highest BCUT2D eigenvalue weighted by atomic mass is 16.3. The number of rotatable bonds is 5. The van der Waals surface area contributed by atoms with Gasteiger partial charge in [-0.15, -0.1) is 0 Å². The van der Waals surface area contributed by atoms with E-state index in [1.807, 2.05) is 12.1 Å². The molecule has 8 aromatic rings. The van der Waals surface area contributed by atoms with Crippen molar-refractivity contribution < 1.29 is 4.42 Å². The van der Waals surface area contributed by atoms with Crippen LogP contribution in [0.1, 0.15) is 22.3 Å². The average Bonchev–Trinajstić information content (AvgIpc) is 3.64. The highest BCUT2D eigenvalue weighted by Gasteiger charge is 2.46. The summed E-state index contributed by atoms with van der Waals surface area (Å²) >= 11 is 0. The fourth-order valence-corrected chi connectivity index (χ4v) is 7.46. The van der Waals surface area contributed by atoms with Crippen LogP contribution in [0.25, 0.3) is 44.2 Å². The molecule has 0 saturated carbocycles. The number of hydrogen-bond donors (Lipinski definition) is 1. The van der Waals surface area contributed by atoms with Crippen molar-refractivity contribution in [1.29, 1.82) is 0 Å². The summed E-state index contributed by atoms with van der Waals surface area (Å²) in [4.78, 5) is 0. The van der Waals surface area contributed by atoms with Gasteiger partial charge >= 0.3 is 0 Å². The first-order valence-corrected chi connectivity index (χ1v) is 15.4. The third-order valence-electron chi connectivity index (χ3n) is 9.35. The minimum atomic E-state index is -0.443. The van der Waals surface area contributed by atoms with Crippen LogP contribution in [0.15, 0.2) is 174 Å². The topological polar surface area (TPSA) is 25.2 Å². The molecule has 1 aliphatic carbocycles. The summed E-state index contributed by atoms with van der Waals surface area (Å²) in [6, 6.07) is 60.7. The molecule has 0 amide bonds. The van der Waals surface area contributed by atoms with Gasteiger partial charge in [0, 0.05) is 16.6 Å². The first-order valence-electron chi connectivity index (χ1n) is 15.4. The Kier molecular flexibility index (Phi) is 5.76. The molecule has 0 fully saturated rings. The summed E-state index contributed by atoms with van der Waals surface area (Å²) < 4.78 is 6.54. The molecule has 0 atom stereocenters. The second-order valence-corrected chi connectivity index (χ2v) is 11.7. The number of anilines is 2. The molecule has 0 saturated heterocycles. The standard InChI is InChI=1S/C43H29NO/c1-4-14-29(15-5-1)33-26-27-39(41-36-21-11-13-23-40(36)45-42(33)41)44-32-24-25-35-34-20-10-12-22-37(34)43(38(35)28-32,30-16-6-2-7-17-30)31-18-8-3-9-19-31/h1-28,44H. The molecule has 0 radical (unpaired) electrons. The second-order valence-electron chi connectivity index (χ2n) is 11.7. The monoisotopic (exact) mass is 575 g/mol. The Balaban J connectivity index is 1.26. The fourth-order valence-electron chi connectivity index (χ4n) is 7.46. The number of benzene rings is 7. The van der Waals surface area contributed by atoms with Gasteiger partial charge in [0.2, 0.25) is 0 Å². The van der Waals surface area contributed by atoms with Crippen molar-refractivity contribution in [2.24, 2.45) is 0 Å². The average molecular weight is 576 g/mol. The first-order chi connectivity index (χ1) is 22.3. The van der Waals surface area contributed by atoms with Gasteiger partial charge in [-0.1, -0.05) is 140 Å². The normalized spacial score (nSPS) is 13.1. The van der Waals surface area contributed by atoms with Crippen LogP contribution in [-0.4, -0.2) is 0 Å². The van der Waals surface area contributed by atoms with E-state index in [1.165, 1.54) is 33.4 Å². The van der Waals surface area contributed by atoms with E-state index in [2.05, 4.69) is 163 Å². The van der Waals surface area contributed by atoms with E-state index in [-0.39, 0.29) is 0 Å². The summed E-state index contributed by atoms with van der Waals surface area (Å²) in [5, 5.41) is 6.03. The van der Waals surface area contributed by atoms with Gasteiger partial charge in [0.1, 0.15) is 11.2 Å². The number of hydrogen-bond acceptors (Lipinski definition) is 2. The van der Waals surface area contributed by atoms with Crippen molar-refractivity contribution in [3.05, 3.63) is 192 Å². The van der Waals surface area contributed by atoms with Crippen molar-refractivity contribution in [2.45, 2.75) is 5.41 Å². The second kappa shape index (κ2) is 10.1. The van der Waals surface area contributed by atoms with Crippen LogP contribution >= 0.6 is 0 Å². The van der Waals surface area contributed by atoms with Gasteiger partial charge in [0.05, 0.1) is 16.5 Å². The van der Waals surface area contributed by atoms with Gasteiger partial charge in [-0.2, -0.15) is 0 Å². The number of furan rings is 1. The molecule has 212 valence electrons. The van der Waals surface area contributed by atoms with E-state index < -0.39 is 5.41 Å². The van der Waals surface area contributed by atoms with E-state index in [0.29, 0.717) is 0 Å². The van der Waals surface area contributed by atoms with E-state index in [9.17, 15) is 0 Å². The molecular formula is C43H29NO. The zero-order chi connectivity index (χ0) is 29.8. The van der Waals surface area contributed by atoms with Crippen LogP contribution in [0.4, 0.5) is 11.4 Å². The van der Waals surface area contributed by atoms with E-state index in [0.717, 1.165) is 44.4 Å². The fraction of sp³-hybridized carbons (Fsp3) is 0.0233. The van der Waals surface area contributed by atoms with Gasteiger partial charge in [0.15, 0.2) is 0 Å². The third-order valence-corrected chi connectivity index (χ3v) is 9.35. The molecule has 1 heterocycles. The molecule has 0 aliphatic heterocycles. The lowest BCUT2D eigenvalue weighted by molar-refractivity contribution is 0.670. The molecule has 2 nitrogen and oxygen atoms in total. The molecule has 0 bridgehead atoms. The summed E-state index contributed by atoms with van der Waals surface area (Å²) in [5.41, 5.74) is 13.3. The Labute approximate surface area is 262 Å². The Morgan fingerprint density at radius 1 is 0.467 bits per heavy atom. The van der Waals surface area contributed by atoms with Crippen molar-refractivity contribution in [1.82, 2.24) is 0 Å². The number of nitrogens with one attached hydrogen (secondary N) is 1. The van der Waals surface area contributed by atoms with E-state index in [1.54, 1.807) is 0 Å². The Morgan fingerprint density at radius 3 is 1.82 bits per heavy atom. The summed E-state index contributed by atoms with van der Waals surface area (Å²) in [6.07, 6.45) is 0. The Hall–Kier alpha value is -5.86. The quantitative estimate of drug-likeness (QED) is 0.221. The van der Waals surface area contributed by atoms with Gasteiger partial charge in [-0.05, 0) is 69.3 Å². The zero-order valence-electron chi connectivity index (χ0n) is 24.6. The van der Waals surface area contributed by atoms with Crippen molar-refractivity contribution in [3.63, 3.8) is 0 Å². The smallest absolute Gasteiger partial charge is 0.145 e. The molecule has 2 heteroatoms. The molecule has 45 heavy (non-hydrogen) atoms. The lowest BCUT2D eigenvalue weighted by atomic mass is 9.67. The lowest BCUT2D eigenvalue weighted by Crippen LogP contribution is -2.28. The van der Waals surface area contributed by atoms with Crippen molar-refractivity contribution in [3.8, 4) is 22.3 Å². The minimum Gasteiger partial charge on any atom is -0.455 e. The van der Waals surface area contributed by atoms with Crippen LogP contribution in [0, 0.1) is 0 Å². The Morgan fingerprint density at radius 2 is 1.07 bits per heavy atom. The van der Waals surface area contributed by atoms with Crippen LogP contribution in [0.5, 0.6) is 0 Å². The molecule has 9 rings (SSSR count). The molecule has 0 spiro atoms. The lowest BCUT2D eigenvalue weighted by Gasteiger charge is -2.34. The van der Waals surface area contributed by atoms with Gasteiger partial charge in [-0.3, -0.25) is 0 Å². The maximum absolute atomic E-state index is 6.54. The highest BCUT2D eigenvalue weighted by molar-refractivity contribution is 6.16. The molecule has 1 aliphatic rings. The third kappa shape index (κ3) is 3.82. The number of fused-ring (bicyclic) bond motifs is 6. The van der Waals surface area contributed by atoms with Crippen LogP contribution in [0.3, 0.4) is 0 Å². The minimum absolute atomic E-state index is 0.443. The zero-order valence-corrected chi connectivity index (χ0v) is 24.6. The molecular weight excluding hydrogens is 546 g/mol. The van der Waals surface area contributed by atoms with Gasteiger partial charge < -0.3 is 9.73 Å². The maximum Gasteiger partial charge on any atom is 0.145 e. The SMILES string of the molecule is c1ccc(-c2ccc(Nc3ccc4c(c3)C(c3ccccc3)(c3ccccc3)c3ccccc3-4)c3c2oc2ccccc23)cc1. The molecule has 7 aromatic carbocycles. The van der Waals surface area contributed by atoms with Crippen LogP contribution < -0.4 is 5.32 Å². The van der Waals surface area contributed by atoms with Crippen LogP contribution in [-0.2, 0) is 5.41 Å². The maximum atomic E-state index is 6.54. The van der Waals surface area contributed by atoms with E-state index >= 15 is 0 Å². The molecule has 1 N–H and O–H groups in total. The van der Waals surface area contributed by atoms with Gasteiger partial charge in [-0.25, -0.2) is 0 Å². The summed E-state index contributed by atoms with van der Waals surface area (Å²) in [7, 11) is 0.